The van der Waals surface area contributed by atoms with Crippen LogP contribution in [0.25, 0.3) is 27.5 Å². The topological polar surface area (TPSA) is 104 Å². The highest BCUT2D eigenvalue weighted by atomic mass is 19.2. The number of carboxylic acid groups (broad SMARTS) is 1. The molecule has 0 radical (unpaired) electrons. The highest BCUT2D eigenvalue weighted by Gasteiger charge is 2.48. The van der Waals surface area contributed by atoms with Gasteiger partial charge in [0.05, 0.1) is 23.3 Å². The van der Waals surface area contributed by atoms with Crippen LogP contribution >= 0.6 is 0 Å². The van der Waals surface area contributed by atoms with Crippen LogP contribution in [-0.4, -0.2) is 38.6 Å². The number of nitrogens with zero attached hydrogens (tertiary/aromatic N) is 3. The number of hydrogen-bond acceptors (Lipinski definition) is 4. The van der Waals surface area contributed by atoms with Gasteiger partial charge in [-0.3, -0.25) is 5.10 Å². The van der Waals surface area contributed by atoms with Gasteiger partial charge in [0.1, 0.15) is 0 Å². The third-order valence-corrected chi connectivity index (χ3v) is 7.55. The molecule has 0 amide bonds. The number of nitrogens with one attached hydrogen (secondary N) is 1. The van der Waals surface area contributed by atoms with Gasteiger partial charge in [-0.2, -0.15) is 10.4 Å². The van der Waals surface area contributed by atoms with Gasteiger partial charge in [-0.25, -0.2) is 13.6 Å². The Labute approximate surface area is 206 Å². The predicted octanol–water partition coefficient (Wildman–Crippen LogP) is 5.71. The Kier molecular flexibility index (Phi) is 5.60. The lowest BCUT2D eigenvalue weighted by Gasteiger charge is -2.29. The molecule has 0 spiro atoms. The number of ether oxygens (including phenoxy) is 1. The van der Waals surface area contributed by atoms with E-state index in [1.54, 1.807) is 6.20 Å². The standard InChI is InChI=1S/C27H26F2N4O3/c1-26(2,8-9-30)24-23(15-6-7-27(13-15,36-3)25(34)35)18-12-21-16(14-31-32-21)10-22(18)33(24)17-4-5-19(28)20(29)11-17/h4-5,10-12,14-15H,6-8,13H2,1-3H3,(H,31,32)(H,34,35)/t15?,27-/m0/s1. The largest absolute Gasteiger partial charge is 0.479 e. The lowest BCUT2D eigenvalue weighted by molar-refractivity contribution is -0.161. The van der Waals surface area contributed by atoms with Crippen molar-refractivity contribution in [3.63, 3.8) is 0 Å². The van der Waals surface area contributed by atoms with Crippen molar-refractivity contribution in [3.8, 4) is 11.8 Å². The zero-order chi connectivity index (χ0) is 25.8. The van der Waals surface area contributed by atoms with E-state index in [0.717, 1.165) is 45.2 Å². The molecule has 2 heterocycles. The number of H-pyrrole nitrogens is 1. The van der Waals surface area contributed by atoms with Crippen LogP contribution in [0.2, 0.25) is 0 Å². The Balaban J connectivity index is 1.88. The zero-order valence-corrected chi connectivity index (χ0v) is 20.2. The molecule has 0 aliphatic heterocycles. The van der Waals surface area contributed by atoms with Crippen LogP contribution in [0.15, 0.2) is 36.5 Å². The van der Waals surface area contributed by atoms with E-state index in [2.05, 4.69) is 16.3 Å². The van der Waals surface area contributed by atoms with E-state index in [1.165, 1.54) is 13.2 Å². The van der Waals surface area contributed by atoms with E-state index < -0.39 is 28.6 Å². The summed E-state index contributed by atoms with van der Waals surface area (Å²) in [6.07, 6.45) is 3.01. The number of aliphatic carboxylic acids is 1. The molecule has 1 saturated carbocycles. The van der Waals surface area contributed by atoms with Gasteiger partial charge in [0.15, 0.2) is 17.2 Å². The van der Waals surface area contributed by atoms with Gasteiger partial charge in [-0.15, -0.1) is 0 Å². The van der Waals surface area contributed by atoms with Gasteiger partial charge >= 0.3 is 5.97 Å². The Bertz CT molecular complexity index is 1550. The van der Waals surface area contributed by atoms with Crippen LogP contribution in [0.5, 0.6) is 0 Å². The number of methoxy groups -OCH3 is 1. The summed E-state index contributed by atoms with van der Waals surface area (Å²) in [5.74, 6) is -3.13. The van der Waals surface area contributed by atoms with E-state index in [4.69, 9.17) is 4.74 Å². The average molecular weight is 493 g/mol. The maximum absolute atomic E-state index is 14.5. The van der Waals surface area contributed by atoms with Gasteiger partial charge in [0, 0.05) is 47.2 Å². The molecule has 1 aliphatic rings. The summed E-state index contributed by atoms with van der Waals surface area (Å²) in [7, 11) is 1.41. The third kappa shape index (κ3) is 3.56. The van der Waals surface area contributed by atoms with Crippen molar-refractivity contribution in [2.45, 2.75) is 56.5 Å². The molecule has 5 rings (SSSR count). The van der Waals surface area contributed by atoms with Crippen molar-refractivity contribution in [3.05, 3.63) is 59.4 Å². The summed E-state index contributed by atoms with van der Waals surface area (Å²) >= 11 is 0. The van der Waals surface area contributed by atoms with Crippen LogP contribution in [-0.2, 0) is 14.9 Å². The molecule has 1 unspecified atom stereocenters. The SMILES string of the molecule is CO[C@@]1(C(=O)O)CCC(c2c(C(C)(C)CC#N)n(-c3ccc(F)c(F)c3)c3cc4cn[nH]c4cc23)C1. The van der Waals surface area contributed by atoms with E-state index in [9.17, 15) is 23.9 Å². The van der Waals surface area contributed by atoms with Crippen molar-refractivity contribution in [1.29, 1.82) is 5.26 Å². The molecule has 1 fully saturated rings. The number of rotatable bonds is 6. The van der Waals surface area contributed by atoms with Crippen LogP contribution < -0.4 is 0 Å². The second-order valence-corrected chi connectivity index (χ2v) is 10.2. The monoisotopic (exact) mass is 492 g/mol. The fourth-order valence-electron chi connectivity index (χ4n) is 5.73. The number of carboxylic acids is 1. The third-order valence-electron chi connectivity index (χ3n) is 7.55. The van der Waals surface area contributed by atoms with Crippen molar-refractivity contribution in [2.24, 2.45) is 0 Å². The maximum Gasteiger partial charge on any atom is 0.335 e. The van der Waals surface area contributed by atoms with E-state index in [0.29, 0.717) is 18.5 Å². The number of aromatic nitrogens is 3. The lowest BCUT2D eigenvalue weighted by atomic mass is 9.79. The molecule has 4 aromatic rings. The lowest BCUT2D eigenvalue weighted by Crippen LogP contribution is -2.37. The molecule has 0 saturated heterocycles. The molecule has 2 atom stereocenters. The highest BCUT2D eigenvalue weighted by Crippen LogP contribution is 2.50. The average Bonchev–Trinajstić information content (AvgIpc) is 3.55. The van der Waals surface area contributed by atoms with E-state index in [-0.39, 0.29) is 18.8 Å². The summed E-state index contributed by atoms with van der Waals surface area (Å²) in [5, 5.41) is 28.4. The fourth-order valence-corrected chi connectivity index (χ4v) is 5.73. The number of halogens is 2. The molecular formula is C27H26F2N4O3. The predicted molar refractivity (Wildman–Crippen MR) is 130 cm³/mol. The first-order valence-corrected chi connectivity index (χ1v) is 11.7. The van der Waals surface area contributed by atoms with Crippen LogP contribution in [0.4, 0.5) is 8.78 Å². The van der Waals surface area contributed by atoms with E-state index in [1.807, 2.05) is 30.5 Å². The Morgan fingerprint density at radius 3 is 2.75 bits per heavy atom. The zero-order valence-electron chi connectivity index (χ0n) is 20.2. The quantitative estimate of drug-likeness (QED) is 0.359. The van der Waals surface area contributed by atoms with Crippen molar-refractivity contribution < 1.29 is 23.4 Å². The van der Waals surface area contributed by atoms with Gasteiger partial charge in [-0.05, 0) is 55.0 Å². The molecule has 2 aromatic carbocycles. The summed E-state index contributed by atoms with van der Waals surface area (Å²) in [4.78, 5) is 12.2. The van der Waals surface area contributed by atoms with Gasteiger partial charge < -0.3 is 14.4 Å². The van der Waals surface area contributed by atoms with Crippen LogP contribution in [0, 0.1) is 23.0 Å². The number of nitriles is 1. The van der Waals surface area contributed by atoms with Gasteiger partial charge in [-0.1, -0.05) is 13.8 Å². The Morgan fingerprint density at radius 1 is 1.33 bits per heavy atom. The fraction of sp³-hybridized carbons (Fsp3) is 0.370. The smallest absolute Gasteiger partial charge is 0.335 e. The first-order valence-electron chi connectivity index (χ1n) is 11.7. The summed E-state index contributed by atoms with van der Waals surface area (Å²) in [6.45, 7) is 3.88. The molecule has 1 aliphatic carbocycles. The summed E-state index contributed by atoms with van der Waals surface area (Å²) < 4.78 is 35.7. The second kappa shape index (κ2) is 8.42. The highest BCUT2D eigenvalue weighted by molar-refractivity contribution is 5.99. The summed E-state index contributed by atoms with van der Waals surface area (Å²) in [5.41, 5.74) is 1.63. The first-order chi connectivity index (χ1) is 17.1. The number of carbonyl (C=O) groups is 1. The molecule has 0 bridgehead atoms. The molecule has 186 valence electrons. The Hall–Kier alpha value is -3.77. The summed E-state index contributed by atoms with van der Waals surface area (Å²) in [6, 6.07) is 9.90. The normalized spacial score (nSPS) is 20.3. The van der Waals surface area contributed by atoms with Gasteiger partial charge in [0.25, 0.3) is 0 Å². The van der Waals surface area contributed by atoms with Gasteiger partial charge in [0.2, 0.25) is 0 Å². The maximum atomic E-state index is 14.5. The van der Waals surface area contributed by atoms with Crippen LogP contribution in [0.1, 0.15) is 56.7 Å². The van der Waals surface area contributed by atoms with Crippen molar-refractivity contribution in [2.75, 3.05) is 7.11 Å². The molecule has 36 heavy (non-hydrogen) atoms. The first kappa shape index (κ1) is 23.9. The van der Waals surface area contributed by atoms with Crippen molar-refractivity contribution >= 4 is 27.8 Å². The number of benzene rings is 2. The van der Waals surface area contributed by atoms with E-state index >= 15 is 0 Å². The Morgan fingerprint density at radius 2 is 2.11 bits per heavy atom. The second-order valence-electron chi connectivity index (χ2n) is 10.2. The molecule has 2 aromatic heterocycles. The molecular weight excluding hydrogens is 466 g/mol. The minimum atomic E-state index is -1.31. The number of fused-ring (bicyclic) bond motifs is 2. The molecule has 7 nitrogen and oxygen atoms in total. The van der Waals surface area contributed by atoms with Crippen molar-refractivity contribution in [1.82, 2.24) is 14.8 Å². The molecule has 2 N–H and O–H groups in total. The minimum Gasteiger partial charge on any atom is -0.479 e. The number of hydrogen-bond donors (Lipinski definition) is 2. The van der Waals surface area contributed by atoms with Crippen LogP contribution in [0.3, 0.4) is 0 Å². The number of aromatic amines is 1. The minimum absolute atomic E-state index is 0.167. The molecule has 9 heteroatoms.